The highest BCUT2D eigenvalue weighted by Gasteiger charge is 2.20. The van der Waals surface area contributed by atoms with Gasteiger partial charge in [-0.3, -0.25) is 14.4 Å². The minimum Gasteiger partial charge on any atom is -0.545 e. The molecule has 0 fully saturated rings. The molecule has 36 heavy (non-hydrogen) atoms. The molecule has 0 saturated heterocycles. The van der Waals surface area contributed by atoms with Gasteiger partial charge in [0.25, 0.3) is 0 Å². The first-order valence-electron chi connectivity index (χ1n) is 10.6. The predicted molar refractivity (Wildman–Crippen MR) is 128 cm³/mol. The van der Waals surface area contributed by atoms with E-state index in [0.717, 1.165) is 6.07 Å². The standard InChI is InChI=1S/C25H19N5O6/c31-20(26-16-8-2-1-3-9-16)14-30-19-12-5-4-11-18(19)21(24(30)34)28-29-23(33)22(32)27-17-10-6-7-15(13-17)25(35)36/h1-13,34H,14H2,(H,26,31)(H,27,32)(H,35,36)/p-1. The predicted octanol–water partition coefficient (Wildman–Crippen LogP) is 2.60. The molecule has 1 heterocycles. The number of hydrogen-bond donors (Lipinski definition) is 3. The van der Waals surface area contributed by atoms with Crippen LogP contribution in [0.5, 0.6) is 5.88 Å². The summed E-state index contributed by atoms with van der Waals surface area (Å²) in [7, 11) is 0. The number of aromatic nitrogens is 1. The van der Waals surface area contributed by atoms with Gasteiger partial charge in [0.1, 0.15) is 6.54 Å². The average molecular weight is 484 g/mol. The number of anilines is 2. The summed E-state index contributed by atoms with van der Waals surface area (Å²) < 4.78 is 1.30. The molecule has 3 amide bonds. The Morgan fingerprint density at radius 1 is 0.861 bits per heavy atom. The van der Waals surface area contributed by atoms with Crippen molar-refractivity contribution >= 4 is 51.7 Å². The molecule has 3 aromatic carbocycles. The fraction of sp³-hybridized carbons (Fsp3) is 0.0400. The number of carboxylic acids is 1. The number of nitrogens with zero attached hydrogens (tertiary/aromatic N) is 3. The SMILES string of the molecule is O=C(Cn1c(O)c(N=NC(=O)C(=O)Nc2cccc(C(=O)[O-])c2)c2ccccc21)Nc1ccccc1. The van der Waals surface area contributed by atoms with Crippen LogP contribution in [0.4, 0.5) is 17.1 Å². The van der Waals surface area contributed by atoms with Crippen LogP contribution in [0.25, 0.3) is 10.9 Å². The average Bonchev–Trinajstić information content (AvgIpc) is 3.13. The summed E-state index contributed by atoms with van der Waals surface area (Å²) >= 11 is 0. The van der Waals surface area contributed by atoms with Crippen LogP contribution in [-0.4, -0.2) is 33.4 Å². The Kier molecular flexibility index (Phi) is 6.82. The molecule has 11 heteroatoms. The van der Waals surface area contributed by atoms with Crippen molar-refractivity contribution in [1.29, 1.82) is 0 Å². The molecule has 180 valence electrons. The van der Waals surface area contributed by atoms with E-state index in [0.29, 0.717) is 16.6 Å². The molecule has 3 N–H and O–H groups in total. The van der Waals surface area contributed by atoms with Crippen LogP contribution < -0.4 is 15.7 Å². The maximum absolute atomic E-state index is 12.5. The first kappa shape index (κ1) is 23.8. The Hall–Kier alpha value is -5.32. The van der Waals surface area contributed by atoms with E-state index in [9.17, 15) is 29.4 Å². The lowest BCUT2D eigenvalue weighted by atomic mass is 10.2. The first-order valence-corrected chi connectivity index (χ1v) is 10.6. The van der Waals surface area contributed by atoms with E-state index in [1.54, 1.807) is 48.5 Å². The number of amides is 3. The van der Waals surface area contributed by atoms with Crippen molar-refractivity contribution in [1.82, 2.24) is 4.57 Å². The van der Waals surface area contributed by atoms with E-state index in [-0.39, 0.29) is 23.5 Å². The summed E-state index contributed by atoms with van der Waals surface area (Å²) in [5, 5.41) is 34.2. The van der Waals surface area contributed by atoms with Crippen LogP contribution in [0.15, 0.2) is 89.1 Å². The van der Waals surface area contributed by atoms with Crippen LogP contribution in [-0.2, 0) is 20.9 Å². The number of rotatable bonds is 6. The molecule has 4 rings (SSSR count). The van der Waals surface area contributed by atoms with Gasteiger partial charge in [0.05, 0.1) is 11.5 Å². The number of aromatic carboxylic acids is 1. The number of carbonyl (C=O) groups excluding carboxylic acids is 4. The molecule has 1 aromatic heterocycles. The lowest BCUT2D eigenvalue weighted by Crippen LogP contribution is -2.23. The third-order valence-electron chi connectivity index (χ3n) is 5.07. The molecular formula is C25H18N5O6-. The molecule has 0 atom stereocenters. The van der Waals surface area contributed by atoms with Crippen LogP contribution in [0.2, 0.25) is 0 Å². The number of azo groups is 1. The fourth-order valence-corrected chi connectivity index (χ4v) is 3.45. The smallest absolute Gasteiger partial charge is 0.353 e. The van der Waals surface area contributed by atoms with Gasteiger partial charge < -0.3 is 30.2 Å². The van der Waals surface area contributed by atoms with E-state index in [1.165, 1.54) is 22.8 Å². The normalized spacial score (nSPS) is 10.9. The van der Waals surface area contributed by atoms with Gasteiger partial charge in [-0.1, -0.05) is 48.5 Å². The van der Waals surface area contributed by atoms with Gasteiger partial charge in [0.15, 0.2) is 5.69 Å². The number of para-hydroxylation sites is 2. The minimum absolute atomic E-state index is 0.0501. The summed E-state index contributed by atoms with van der Waals surface area (Å²) in [6, 6.07) is 20.6. The highest BCUT2D eigenvalue weighted by atomic mass is 16.4. The number of aromatic hydroxyl groups is 1. The van der Waals surface area contributed by atoms with Crippen LogP contribution in [0.1, 0.15) is 10.4 Å². The van der Waals surface area contributed by atoms with Gasteiger partial charge in [-0.2, -0.15) is 0 Å². The maximum atomic E-state index is 12.5. The Balaban J connectivity index is 1.53. The zero-order valence-electron chi connectivity index (χ0n) is 18.5. The third-order valence-corrected chi connectivity index (χ3v) is 5.07. The molecule has 0 saturated carbocycles. The molecule has 0 spiro atoms. The number of benzene rings is 3. The summed E-state index contributed by atoms with van der Waals surface area (Å²) in [6.07, 6.45) is 0. The molecule has 0 unspecified atom stereocenters. The number of nitrogens with one attached hydrogen (secondary N) is 2. The lowest BCUT2D eigenvalue weighted by Gasteiger charge is -2.08. The van der Waals surface area contributed by atoms with E-state index in [1.807, 2.05) is 6.07 Å². The second-order valence-electron chi connectivity index (χ2n) is 7.52. The van der Waals surface area contributed by atoms with Gasteiger partial charge in [-0.15, -0.1) is 10.2 Å². The van der Waals surface area contributed by atoms with Gasteiger partial charge in [0.2, 0.25) is 11.8 Å². The van der Waals surface area contributed by atoms with Crippen LogP contribution in [0.3, 0.4) is 0 Å². The number of carboxylic acid groups (broad SMARTS) is 1. The molecular weight excluding hydrogens is 466 g/mol. The van der Waals surface area contributed by atoms with Crippen LogP contribution in [0, 0.1) is 0 Å². The highest BCUT2D eigenvalue weighted by molar-refractivity contribution is 6.40. The van der Waals surface area contributed by atoms with Gasteiger partial charge in [-0.25, -0.2) is 0 Å². The quantitative estimate of drug-likeness (QED) is 0.281. The lowest BCUT2D eigenvalue weighted by molar-refractivity contribution is -0.255. The molecule has 0 aliphatic rings. The van der Waals surface area contributed by atoms with Gasteiger partial charge >= 0.3 is 11.8 Å². The van der Waals surface area contributed by atoms with Crippen molar-refractivity contribution in [3.8, 4) is 5.88 Å². The fourth-order valence-electron chi connectivity index (χ4n) is 3.45. The van der Waals surface area contributed by atoms with Gasteiger partial charge in [-0.05, 0) is 35.9 Å². The third kappa shape index (κ3) is 5.25. The number of hydrogen-bond acceptors (Lipinski definition) is 7. The monoisotopic (exact) mass is 484 g/mol. The van der Waals surface area contributed by atoms with E-state index < -0.39 is 29.6 Å². The van der Waals surface area contributed by atoms with E-state index in [2.05, 4.69) is 20.9 Å². The van der Waals surface area contributed by atoms with Crippen molar-refractivity contribution in [2.24, 2.45) is 10.2 Å². The number of carbonyl (C=O) groups is 4. The second kappa shape index (κ2) is 10.3. The summed E-state index contributed by atoms with van der Waals surface area (Å²) in [5.41, 5.74) is 0.812. The summed E-state index contributed by atoms with van der Waals surface area (Å²) in [4.78, 5) is 47.9. The first-order chi connectivity index (χ1) is 17.3. The van der Waals surface area contributed by atoms with Crippen molar-refractivity contribution in [3.05, 3.63) is 84.4 Å². The zero-order valence-corrected chi connectivity index (χ0v) is 18.5. The van der Waals surface area contributed by atoms with E-state index >= 15 is 0 Å². The molecule has 0 bridgehead atoms. The topological polar surface area (TPSA) is 165 Å². The summed E-state index contributed by atoms with van der Waals surface area (Å²) in [5.74, 6) is -4.72. The molecule has 4 aromatic rings. The molecule has 11 nitrogen and oxygen atoms in total. The minimum atomic E-state index is -1.44. The highest BCUT2D eigenvalue weighted by Crippen LogP contribution is 2.38. The van der Waals surface area contributed by atoms with Crippen LogP contribution >= 0.6 is 0 Å². The second-order valence-corrected chi connectivity index (χ2v) is 7.52. The van der Waals surface area contributed by atoms with Crippen molar-refractivity contribution in [3.63, 3.8) is 0 Å². The Morgan fingerprint density at radius 3 is 2.31 bits per heavy atom. The summed E-state index contributed by atoms with van der Waals surface area (Å²) in [6.45, 7) is -0.250. The van der Waals surface area contributed by atoms with Gasteiger partial charge in [0, 0.05) is 16.8 Å². The largest absolute Gasteiger partial charge is 0.545 e. The zero-order chi connectivity index (χ0) is 25.7. The molecule has 0 aliphatic carbocycles. The number of fused-ring (bicyclic) bond motifs is 1. The molecule has 0 radical (unpaired) electrons. The Morgan fingerprint density at radius 2 is 1.56 bits per heavy atom. The van der Waals surface area contributed by atoms with Crippen molar-refractivity contribution < 1.29 is 29.4 Å². The molecule has 0 aliphatic heterocycles. The Labute approximate surface area is 203 Å². The maximum Gasteiger partial charge on any atom is 0.353 e. The van der Waals surface area contributed by atoms with E-state index in [4.69, 9.17) is 0 Å². The van der Waals surface area contributed by atoms with Crippen molar-refractivity contribution in [2.75, 3.05) is 10.6 Å². The Bertz CT molecular complexity index is 1510. The van der Waals surface area contributed by atoms with Crippen molar-refractivity contribution in [2.45, 2.75) is 6.54 Å².